The molecule has 0 atom stereocenters. The van der Waals surface area contributed by atoms with E-state index in [1.807, 2.05) is 0 Å². The first kappa shape index (κ1) is 14.1. The van der Waals surface area contributed by atoms with Crippen LogP contribution in [0.2, 0.25) is 0 Å². The molecule has 6 nitrogen and oxygen atoms in total. The van der Waals surface area contributed by atoms with Crippen molar-refractivity contribution < 1.29 is 13.2 Å². The van der Waals surface area contributed by atoms with Gasteiger partial charge in [-0.1, -0.05) is 0 Å². The standard InChI is InChI=1S/C11H14ClN3O3S/c12-8-11(16)14-9-2-4-10(5-3-9)15-7-1-6-13-19(15,17)18/h2-5,13H,1,6-8H2,(H,14,16). The maximum atomic E-state index is 11.8. The lowest BCUT2D eigenvalue weighted by Gasteiger charge is -2.28. The first-order chi connectivity index (χ1) is 9.03. The second-order valence-electron chi connectivity index (χ2n) is 4.05. The predicted octanol–water partition coefficient (Wildman–Crippen LogP) is 0.908. The molecule has 0 radical (unpaired) electrons. The van der Waals surface area contributed by atoms with Crippen LogP contribution in [0.1, 0.15) is 6.42 Å². The summed E-state index contributed by atoms with van der Waals surface area (Å²) >= 11 is 5.38. The van der Waals surface area contributed by atoms with Crippen molar-refractivity contribution in [3.63, 3.8) is 0 Å². The lowest BCUT2D eigenvalue weighted by atomic mass is 10.2. The Hall–Kier alpha value is -1.31. The second-order valence-corrected chi connectivity index (χ2v) is 6.00. The molecular weight excluding hydrogens is 290 g/mol. The smallest absolute Gasteiger partial charge is 0.301 e. The van der Waals surface area contributed by atoms with Gasteiger partial charge in [-0.25, -0.2) is 0 Å². The Morgan fingerprint density at radius 3 is 2.63 bits per heavy atom. The number of halogens is 1. The number of hydrogen-bond donors (Lipinski definition) is 2. The van der Waals surface area contributed by atoms with E-state index in [9.17, 15) is 13.2 Å². The van der Waals surface area contributed by atoms with E-state index in [0.717, 1.165) is 6.42 Å². The fraction of sp³-hybridized carbons (Fsp3) is 0.364. The molecule has 0 unspecified atom stereocenters. The van der Waals surface area contributed by atoms with E-state index < -0.39 is 10.2 Å². The molecule has 1 heterocycles. The topological polar surface area (TPSA) is 78.5 Å². The van der Waals surface area contributed by atoms with Crippen LogP contribution in [-0.4, -0.2) is 33.3 Å². The van der Waals surface area contributed by atoms with Gasteiger partial charge in [0.1, 0.15) is 5.88 Å². The van der Waals surface area contributed by atoms with Gasteiger partial charge in [-0.3, -0.25) is 9.10 Å². The van der Waals surface area contributed by atoms with Crippen molar-refractivity contribution in [1.82, 2.24) is 4.72 Å². The highest BCUT2D eigenvalue weighted by Gasteiger charge is 2.25. The SMILES string of the molecule is O=C(CCl)Nc1ccc(N2CCCNS2(=O)=O)cc1. The monoisotopic (exact) mass is 303 g/mol. The highest BCUT2D eigenvalue weighted by atomic mass is 35.5. The van der Waals surface area contributed by atoms with Crippen molar-refractivity contribution in [3.05, 3.63) is 24.3 Å². The molecule has 1 aromatic carbocycles. The average Bonchev–Trinajstić information content (AvgIpc) is 2.39. The van der Waals surface area contributed by atoms with Crippen LogP contribution in [-0.2, 0) is 15.0 Å². The molecule has 8 heteroatoms. The van der Waals surface area contributed by atoms with Crippen LogP contribution >= 0.6 is 11.6 Å². The van der Waals surface area contributed by atoms with Gasteiger partial charge in [-0.15, -0.1) is 11.6 Å². The van der Waals surface area contributed by atoms with E-state index in [1.54, 1.807) is 24.3 Å². The average molecular weight is 304 g/mol. The van der Waals surface area contributed by atoms with Crippen LogP contribution in [0.25, 0.3) is 0 Å². The molecule has 19 heavy (non-hydrogen) atoms. The van der Waals surface area contributed by atoms with E-state index in [0.29, 0.717) is 24.5 Å². The third-order valence-electron chi connectivity index (χ3n) is 2.67. The molecule has 0 bridgehead atoms. The molecule has 0 spiro atoms. The maximum absolute atomic E-state index is 11.8. The van der Waals surface area contributed by atoms with E-state index in [2.05, 4.69) is 10.0 Å². The van der Waals surface area contributed by atoms with Crippen molar-refractivity contribution in [2.45, 2.75) is 6.42 Å². The van der Waals surface area contributed by atoms with Crippen LogP contribution in [0.4, 0.5) is 11.4 Å². The van der Waals surface area contributed by atoms with Gasteiger partial charge in [-0.05, 0) is 30.7 Å². The first-order valence-electron chi connectivity index (χ1n) is 5.76. The molecule has 1 fully saturated rings. The van der Waals surface area contributed by atoms with Gasteiger partial charge in [0, 0.05) is 18.8 Å². The summed E-state index contributed by atoms with van der Waals surface area (Å²) in [6, 6.07) is 6.58. The molecule has 0 saturated carbocycles. The highest BCUT2D eigenvalue weighted by molar-refractivity contribution is 7.90. The number of alkyl halides is 1. The molecule has 1 amide bonds. The number of amides is 1. The van der Waals surface area contributed by atoms with Crippen LogP contribution in [0.5, 0.6) is 0 Å². The van der Waals surface area contributed by atoms with Gasteiger partial charge in [0.2, 0.25) is 5.91 Å². The van der Waals surface area contributed by atoms with Gasteiger partial charge >= 0.3 is 10.2 Å². The summed E-state index contributed by atoms with van der Waals surface area (Å²) in [5.74, 6) is -0.423. The second kappa shape index (κ2) is 5.77. The minimum Gasteiger partial charge on any atom is -0.325 e. The molecular formula is C11H14ClN3O3S. The van der Waals surface area contributed by atoms with E-state index in [-0.39, 0.29) is 11.8 Å². The first-order valence-corrected chi connectivity index (χ1v) is 7.73. The Kier molecular flexibility index (Phi) is 4.28. The summed E-state index contributed by atoms with van der Waals surface area (Å²) in [6.07, 6.45) is 0.754. The molecule has 1 aliphatic heterocycles. The number of hydrogen-bond acceptors (Lipinski definition) is 3. The van der Waals surface area contributed by atoms with Crippen LogP contribution in [0, 0.1) is 0 Å². The zero-order valence-corrected chi connectivity index (χ0v) is 11.7. The van der Waals surface area contributed by atoms with Crippen LogP contribution < -0.4 is 14.3 Å². The maximum Gasteiger partial charge on any atom is 0.301 e. The fourth-order valence-electron chi connectivity index (χ4n) is 1.80. The van der Waals surface area contributed by atoms with Gasteiger partial charge in [-0.2, -0.15) is 13.1 Å². The highest BCUT2D eigenvalue weighted by Crippen LogP contribution is 2.22. The van der Waals surface area contributed by atoms with Crippen LogP contribution in [0.3, 0.4) is 0 Å². The normalized spacial score (nSPS) is 18.1. The fourth-order valence-corrected chi connectivity index (χ4v) is 3.19. The Balaban J connectivity index is 2.16. The van der Waals surface area contributed by atoms with E-state index in [1.165, 1.54) is 4.31 Å². The minimum absolute atomic E-state index is 0.119. The number of anilines is 2. The van der Waals surface area contributed by atoms with Gasteiger partial charge < -0.3 is 5.32 Å². The van der Waals surface area contributed by atoms with Crippen molar-refractivity contribution in [2.24, 2.45) is 0 Å². The summed E-state index contributed by atoms with van der Waals surface area (Å²) in [5, 5.41) is 2.59. The molecule has 0 aromatic heterocycles. The zero-order valence-electron chi connectivity index (χ0n) is 10.1. The number of nitrogens with one attached hydrogen (secondary N) is 2. The largest absolute Gasteiger partial charge is 0.325 e. The summed E-state index contributed by atoms with van der Waals surface area (Å²) < 4.78 is 27.4. The van der Waals surface area contributed by atoms with Gasteiger partial charge in [0.25, 0.3) is 0 Å². The lowest BCUT2D eigenvalue weighted by molar-refractivity contribution is -0.113. The third kappa shape index (κ3) is 3.37. The van der Waals surface area contributed by atoms with Crippen LogP contribution in [0.15, 0.2) is 24.3 Å². The molecule has 104 valence electrons. The lowest BCUT2D eigenvalue weighted by Crippen LogP contribution is -2.47. The Bertz CT molecular complexity index is 559. The molecule has 1 saturated heterocycles. The molecule has 0 aliphatic carbocycles. The Labute approximate surface area is 116 Å². The summed E-state index contributed by atoms with van der Waals surface area (Å²) in [7, 11) is -3.44. The summed E-state index contributed by atoms with van der Waals surface area (Å²) in [4.78, 5) is 11.1. The van der Waals surface area contributed by atoms with Gasteiger partial charge in [0.15, 0.2) is 0 Å². The minimum atomic E-state index is -3.44. The molecule has 2 rings (SSSR count). The number of carbonyl (C=O) groups is 1. The zero-order chi connectivity index (χ0) is 13.9. The number of carbonyl (C=O) groups excluding carboxylic acids is 1. The Morgan fingerprint density at radius 1 is 1.37 bits per heavy atom. The molecule has 1 aromatic rings. The van der Waals surface area contributed by atoms with Crippen molar-refractivity contribution in [3.8, 4) is 0 Å². The Morgan fingerprint density at radius 2 is 2.05 bits per heavy atom. The number of nitrogens with zero attached hydrogens (tertiary/aromatic N) is 1. The third-order valence-corrected chi connectivity index (χ3v) is 4.46. The predicted molar refractivity (Wildman–Crippen MR) is 74.7 cm³/mol. The van der Waals surface area contributed by atoms with Crippen molar-refractivity contribution in [2.75, 3.05) is 28.6 Å². The van der Waals surface area contributed by atoms with Crippen molar-refractivity contribution in [1.29, 1.82) is 0 Å². The summed E-state index contributed by atoms with van der Waals surface area (Å²) in [6.45, 7) is 0.908. The number of benzene rings is 1. The molecule has 1 aliphatic rings. The number of rotatable bonds is 3. The summed E-state index contributed by atoms with van der Waals surface area (Å²) in [5.41, 5.74) is 1.15. The van der Waals surface area contributed by atoms with E-state index >= 15 is 0 Å². The quantitative estimate of drug-likeness (QED) is 0.815. The molecule has 2 N–H and O–H groups in total. The van der Waals surface area contributed by atoms with Gasteiger partial charge in [0.05, 0.1) is 5.69 Å². The van der Waals surface area contributed by atoms with Crippen molar-refractivity contribution >= 4 is 39.1 Å². The van der Waals surface area contributed by atoms with E-state index in [4.69, 9.17) is 11.6 Å².